The number of anilines is 1. The molecule has 22 heavy (non-hydrogen) atoms. The Labute approximate surface area is 144 Å². The molecular formula is C14H16Cl2N4OS. The minimum atomic E-state index is 0.490. The van der Waals surface area contributed by atoms with Gasteiger partial charge in [0.05, 0.1) is 13.2 Å². The van der Waals surface area contributed by atoms with Gasteiger partial charge < -0.3 is 15.4 Å². The van der Waals surface area contributed by atoms with Crippen LogP contribution >= 0.6 is 35.4 Å². The molecule has 0 aliphatic heterocycles. The Morgan fingerprint density at radius 1 is 1.32 bits per heavy atom. The van der Waals surface area contributed by atoms with Gasteiger partial charge in [-0.05, 0) is 24.4 Å². The van der Waals surface area contributed by atoms with E-state index < -0.39 is 0 Å². The van der Waals surface area contributed by atoms with Gasteiger partial charge in [-0.1, -0.05) is 29.3 Å². The van der Waals surface area contributed by atoms with Crippen LogP contribution in [0.25, 0.3) is 0 Å². The lowest BCUT2D eigenvalue weighted by Crippen LogP contribution is -2.31. The maximum Gasteiger partial charge on any atom is 0.172 e. The van der Waals surface area contributed by atoms with Crippen LogP contribution in [0.15, 0.2) is 30.5 Å². The van der Waals surface area contributed by atoms with E-state index in [1.54, 1.807) is 23.9 Å². The summed E-state index contributed by atoms with van der Waals surface area (Å²) in [6.07, 6.45) is 1.83. The second-order valence-electron chi connectivity index (χ2n) is 4.47. The first-order valence-electron chi connectivity index (χ1n) is 6.60. The van der Waals surface area contributed by atoms with Crippen molar-refractivity contribution in [2.75, 3.05) is 25.6 Å². The predicted molar refractivity (Wildman–Crippen MR) is 93.9 cm³/mol. The summed E-state index contributed by atoms with van der Waals surface area (Å²) in [6.45, 7) is 1.71. The highest BCUT2D eigenvalue weighted by molar-refractivity contribution is 7.80. The van der Waals surface area contributed by atoms with Gasteiger partial charge in [0.1, 0.15) is 0 Å². The molecule has 2 N–H and O–H groups in total. The van der Waals surface area contributed by atoms with Gasteiger partial charge in [0.25, 0.3) is 0 Å². The van der Waals surface area contributed by atoms with Gasteiger partial charge in [0.15, 0.2) is 10.9 Å². The number of methoxy groups -OCH3 is 1. The molecule has 0 saturated carbocycles. The highest BCUT2D eigenvalue weighted by Gasteiger charge is 2.08. The third kappa shape index (κ3) is 4.84. The van der Waals surface area contributed by atoms with Crippen molar-refractivity contribution < 1.29 is 4.74 Å². The summed E-state index contributed by atoms with van der Waals surface area (Å²) in [7, 11) is 1.64. The first-order chi connectivity index (χ1) is 10.6. The molecule has 0 saturated heterocycles. The summed E-state index contributed by atoms with van der Waals surface area (Å²) in [5.74, 6) is 0.651. The first-order valence-corrected chi connectivity index (χ1v) is 7.76. The van der Waals surface area contributed by atoms with E-state index in [4.69, 9.17) is 40.2 Å². The number of rotatable bonds is 6. The van der Waals surface area contributed by atoms with Gasteiger partial charge in [0, 0.05) is 41.5 Å². The summed E-state index contributed by atoms with van der Waals surface area (Å²) in [5.41, 5.74) is 0.835. The molecule has 0 unspecified atom stereocenters. The Morgan fingerprint density at radius 2 is 2.05 bits per heavy atom. The number of nitrogens with zero attached hydrogens (tertiary/aromatic N) is 2. The van der Waals surface area contributed by atoms with Crippen molar-refractivity contribution in [3.8, 4) is 0 Å². The molecule has 1 heterocycles. The zero-order valence-electron chi connectivity index (χ0n) is 12.0. The van der Waals surface area contributed by atoms with Crippen molar-refractivity contribution in [3.05, 3.63) is 46.1 Å². The SMILES string of the molecule is COCCNC(=S)Nc1ccn(Cc2c(Cl)cccc2Cl)n1. The average molecular weight is 359 g/mol. The molecule has 0 bridgehead atoms. The zero-order chi connectivity index (χ0) is 15.9. The summed E-state index contributed by atoms with van der Waals surface area (Å²) in [5, 5.41) is 12.1. The molecule has 0 fully saturated rings. The lowest BCUT2D eigenvalue weighted by atomic mass is 10.2. The van der Waals surface area contributed by atoms with Crippen molar-refractivity contribution in [2.45, 2.75) is 6.54 Å². The molecule has 5 nitrogen and oxygen atoms in total. The van der Waals surface area contributed by atoms with E-state index in [2.05, 4.69) is 15.7 Å². The van der Waals surface area contributed by atoms with Crippen LogP contribution < -0.4 is 10.6 Å². The van der Waals surface area contributed by atoms with Crippen LogP contribution in [0, 0.1) is 0 Å². The molecule has 1 aromatic heterocycles. The Hall–Kier alpha value is -1.34. The van der Waals surface area contributed by atoms with Gasteiger partial charge >= 0.3 is 0 Å². The van der Waals surface area contributed by atoms with E-state index in [9.17, 15) is 0 Å². The van der Waals surface area contributed by atoms with E-state index >= 15 is 0 Å². The van der Waals surface area contributed by atoms with Crippen molar-refractivity contribution >= 4 is 46.4 Å². The lowest BCUT2D eigenvalue weighted by molar-refractivity contribution is 0.204. The summed E-state index contributed by atoms with van der Waals surface area (Å²) < 4.78 is 6.68. The normalized spacial score (nSPS) is 10.5. The molecular weight excluding hydrogens is 343 g/mol. The highest BCUT2D eigenvalue weighted by atomic mass is 35.5. The number of thiocarbonyl (C=S) groups is 1. The van der Waals surface area contributed by atoms with Gasteiger partial charge in [-0.25, -0.2) is 0 Å². The van der Waals surface area contributed by atoms with Crippen LogP contribution in [0.1, 0.15) is 5.56 Å². The minimum absolute atomic E-state index is 0.490. The number of hydrogen-bond donors (Lipinski definition) is 2. The van der Waals surface area contributed by atoms with E-state index in [1.165, 1.54) is 0 Å². The molecule has 0 radical (unpaired) electrons. The quantitative estimate of drug-likeness (QED) is 0.613. The lowest BCUT2D eigenvalue weighted by Gasteiger charge is -2.08. The minimum Gasteiger partial charge on any atom is -0.383 e. The Kier molecular flexibility index (Phi) is 6.45. The summed E-state index contributed by atoms with van der Waals surface area (Å²) in [4.78, 5) is 0. The monoisotopic (exact) mass is 358 g/mol. The van der Waals surface area contributed by atoms with E-state index in [1.807, 2.05) is 18.3 Å². The fourth-order valence-electron chi connectivity index (χ4n) is 1.79. The third-order valence-corrected chi connectivity index (χ3v) is 3.81. The van der Waals surface area contributed by atoms with Crippen molar-refractivity contribution in [1.29, 1.82) is 0 Å². The van der Waals surface area contributed by atoms with Crippen LogP contribution in [0.4, 0.5) is 5.82 Å². The Bertz CT molecular complexity index is 627. The van der Waals surface area contributed by atoms with E-state index in [0.29, 0.717) is 40.7 Å². The molecule has 2 rings (SSSR count). The Balaban J connectivity index is 1.95. The molecule has 0 atom stereocenters. The smallest absolute Gasteiger partial charge is 0.172 e. The molecule has 0 aliphatic carbocycles. The Morgan fingerprint density at radius 3 is 2.73 bits per heavy atom. The van der Waals surface area contributed by atoms with E-state index in [-0.39, 0.29) is 0 Å². The topological polar surface area (TPSA) is 51.1 Å². The van der Waals surface area contributed by atoms with Gasteiger partial charge in [-0.2, -0.15) is 5.10 Å². The average Bonchev–Trinajstić information content (AvgIpc) is 2.90. The summed E-state index contributed by atoms with van der Waals surface area (Å²) >= 11 is 17.5. The number of nitrogens with one attached hydrogen (secondary N) is 2. The fraction of sp³-hybridized carbons (Fsp3) is 0.286. The second kappa shape index (κ2) is 8.33. The molecule has 2 aromatic rings. The van der Waals surface area contributed by atoms with E-state index in [0.717, 1.165) is 5.56 Å². The maximum absolute atomic E-state index is 6.16. The van der Waals surface area contributed by atoms with Gasteiger partial charge in [0.2, 0.25) is 0 Å². The molecule has 118 valence electrons. The standard InChI is InChI=1S/C14H16Cl2N4OS/c1-21-8-6-17-14(22)18-13-5-7-20(19-13)9-10-11(15)3-2-4-12(10)16/h2-5,7H,6,8-9H2,1H3,(H2,17,18,19,22). The molecule has 8 heteroatoms. The molecule has 0 spiro atoms. The number of aromatic nitrogens is 2. The van der Waals surface area contributed by atoms with Crippen LogP contribution in [0.3, 0.4) is 0 Å². The molecule has 1 aromatic carbocycles. The molecule has 0 amide bonds. The predicted octanol–water partition coefficient (Wildman–Crippen LogP) is 3.17. The van der Waals surface area contributed by atoms with Crippen LogP contribution in [-0.2, 0) is 11.3 Å². The first kappa shape index (κ1) is 17.0. The maximum atomic E-state index is 6.16. The van der Waals surface area contributed by atoms with Crippen LogP contribution in [0.5, 0.6) is 0 Å². The van der Waals surface area contributed by atoms with Gasteiger partial charge in [-0.3, -0.25) is 4.68 Å². The van der Waals surface area contributed by atoms with Crippen molar-refractivity contribution in [3.63, 3.8) is 0 Å². The van der Waals surface area contributed by atoms with Crippen LogP contribution in [-0.4, -0.2) is 35.2 Å². The highest BCUT2D eigenvalue weighted by Crippen LogP contribution is 2.25. The third-order valence-electron chi connectivity index (χ3n) is 2.86. The zero-order valence-corrected chi connectivity index (χ0v) is 14.3. The van der Waals surface area contributed by atoms with Crippen molar-refractivity contribution in [2.24, 2.45) is 0 Å². The van der Waals surface area contributed by atoms with Crippen LogP contribution in [0.2, 0.25) is 10.0 Å². The summed E-state index contributed by atoms with van der Waals surface area (Å²) in [6, 6.07) is 7.25. The number of hydrogen-bond acceptors (Lipinski definition) is 3. The largest absolute Gasteiger partial charge is 0.383 e. The van der Waals surface area contributed by atoms with Gasteiger partial charge in [-0.15, -0.1) is 0 Å². The fourth-order valence-corrected chi connectivity index (χ4v) is 2.51. The second-order valence-corrected chi connectivity index (χ2v) is 5.70. The number of ether oxygens (including phenoxy) is 1. The molecule has 0 aliphatic rings. The van der Waals surface area contributed by atoms with Crippen molar-refractivity contribution in [1.82, 2.24) is 15.1 Å². The number of halogens is 2. The number of benzene rings is 1.